The number of anilines is 1. The molecule has 9 heteroatoms. The highest BCUT2D eigenvalue weighted by Gasteiger charge is 2.31. The number of alkyl halides is 4. The van der Waals surface area contributed by atoms with Crippen molar-refractivity contribution in [1.29, 1.82) is 10.8 Å². The Balaban J connectivity index is 1.80. The van der Waals surface area contributed by atoms with E-state index in [2.05, 4.69) is 26.0 Å². The third kappa shape index (κ3) is 5.37. The van der Waals surface area contributed by atoms with E-state index in [9.17, 15) is 13.2 Å². The Labute approximate surface area is 168 Å². The lowest BCUT2D eigenvalue weighted by Gasteiger charge is -2.27. The van der Waals surface area contributed by atoms with E-state index in [1.165, 1.54) is 22.8 Å². The minimum Gasteiger partial charge on any atom is -0.406 e. The molecule has 1 aromatic heterocycles. The van der Waals surface area contributed by atoms with E-state index in [-0.39, 0.29) is 16.9 Å². The highest BCUT2D eigenvalue weighted by molar-refractivity contribution is 9.09. The molecule has 0 unspecified atom stereocenters. The van der Waals surface area contributed by atoms with Crippen molar-refractivity contribution in [2.24, 2.45) is 0 Å². The number of aromatic nitrogens is 1. The third-order valence-corrected chi connectivity index (χ3v) is 5.47. The number of rotatable bonds is 4. The average molecular weight is 457 g/mol. The van der Waals surface area contributed by atoms with E-state index in [0.29, 0.717) is 10.9 Å². The van der Waals surface area contributed by atoms with Crippen LogP contribution in [0.2, 0.25) is 0 Å². The first-order valence-electron chi connectivity index (χ1n) is 8.84. The fourth-order valence-electron chi connectivity index (χ4n) is 3.18. The van der Waals surface area contributed by atoms with Gasteiger partial charge in [0.05, 0.1) is 5.69 Å². The molecule has 28 heavy (non-hydrogen) atoms. The lowest BCUT2D eigenvalue weighted by atomic mass is 9.95. The molecule has 0 bridgehead atoms. The average Bonchev–Trinajstić information content (AvgIpc) is 2.63. The summed E-state index contributed by atoms with van der Waals surface area (Å²) in [7, 11) is 0. The molecule has 1 heterocycles. The summed E-state index contributed by atoms with van der Waals surface area (Å²) in [5.74, 6) is -0.506. The van der Waals surface area contributed by atoms with Gasteiger partial charge in [-0.25, -0.2) is 0 Å². The molecule has 1 aliphatic rings. The Morgan fingerprint density at radius 3 is 2.54 bits per heavy atom. The maximum atomic E-state index is 12.4. The molecular weight excluding hydrogens is 437 g/mol. The standard InChI is InChI=1S/C19H20BrF3N4O/c20-13-4-6-14(7-5-13)26-15-8-9-17(24)27(11-15)18(25)12-2-1-3-16(10-12)28-19(21,22)23/h1-3,8-11,13-14,24-26H,4-7H2. The summed E-state index contributed by atoms with van der Waals surface area (Å²) in [6.45, 7) is 0. The van der Waals surface area contributed by atoms with E-state index >= 15 is 0 Å². The first-order valence-corrected chi connectivity index (χ1v) is 9.76. The highest BCUT2D eigenvalue weighted by Crippen LogP contribution is 2.27. The van der Waals surface area contributed by atoms with Crippen molar-refractivity contribution >= 4 is 27.5 Å². The van der Waals surface area contributed by atoms with Crippen LogP contribution in [0, 0.1) is 10.8 Å². The van der Waals surface area contributed by atoms with Crippen LogP contribution in [0.25, 0.3) is 0 Å². The van der Waals surface area contributed by atoms with E-state index < -0.39 is 12.1 Å². The number of ether oxygens (including phenoxy) is 1. The van der Waals surface area contributed by atoms with E-state index in [0.717, 1.165) is 37.4 Å². The predicted molar refractivity (Wildman–Crippen MR) is 104 cm³/mol. The first kappa shape index (κ1) is 20.4. The van der Waals surface area contributed by atoms with Gasteiger partial charge in [-0.15, -0.1) is 13.2 Å². The van der Waals surface area contributed by atoms with Crippen molar-refractivity contribution in [3.63, 3.8) is 0 Å². The molecule has 0 atom stereocenters. The van der Waals surface area contributed by atoms with Crippen molar-refractivity contribution in [3.05, 3.63) is 53.6 Å². The molecule has 2 aromatic rings. The van der Waals surface area contributed by atoms with E-state index in [1.54, 1.807) is 18.3 Å². The number of benzene rings is 1. The summed E-state index contributed by atoms with van der Waals surface area (Å²) in [6, 6.07) is 8.86. The lowest BCUT2D eigenvalue weighted by Crippen LogP contribution is -2.29. The second-order valence-electron chi connectivity index (χ2n) is 6.69. The SMILES string of the molecule is N=C(c1cccc(OC(F)(F)F)c1)n1cc(NC2CCC(Br)CC2)ccc1=N. The summed E-state index contributed by atoms with van der Waals surface area (Å²) < 4.78 is 42.6. The van der Waals surface area contributed by atoms with Crippen LogP contribution in [0.4, 0.5) is 18.9 Å². The molecule has 1 saturated carbocycles. The number of nitrogens with zero attached hydrogens (tertiary/aromatic N) is 1. The van der Waals surface area contributed by atoms with Gasteiger partial charge in [-0.2, -0.15) is 0 Å². The zero-order valence-electron chi connectivity index (χ0n) is 14.9. The second kappa shape index (κ2) is 8.38. The van der Waals surface area contributed by atoms with Crippen LogP contribution in [-0.4, -0.2) is 27.6 Å². The van der Waals surface area contributed by atoms with Crippen LogP contribution in [-0.2, 0) is 0 Å². The van der Waals surface area contributed by atoms with Gasteiger partial charge >= 0.3 is 6.36 Å². The largest absolute Gasteiger partial charge is 0.573 e. The number of pyridine rings is 1. The number of hydrogen-bond acceptors (Lipinski definition) is 4. The zero-order valence-corrected chi connectivity index (χ0v) is 16.5. The van der Waals surface area contributed by atoms with Gasteiger partial charge in [0.1, 0.15) is 17.1 Å². The highest BCUT2D eigenvalue weighted by atomic mass is 79.9. The fourth-order valence-corrected chi connectivity index (χ4v) is 3.71. The molecule has 5 nitrogen and oxygen atoms in total. The maximum Gasteiger partial charge on any atom is 0.573 e. The second-order valence-corrected chi connectivity index (χ2v) is 7.99. The van der Waals surface area contributed by atoms with Crippen LogP contribution in [0.1, 0.15) is 31.2 Å². The molecule has 150 valence electrons. The molecule has 0 aliphatic heterocycles. The van der Waals surface area contributed by atoms with Crippen molar-refractivity contribution in [3.8, 4) is 5.75 Å². The van der Waals surface area contributed by atoms with Gasteiger partial charge in [0, 0.05) is 22.6 Å². The third-order valence-electron chi connectivity index (χ3n) is 4.56. The first-order chi connectivity index (χ1) is 13.2. The van der Waals surface area contributed by atoms with Gasteiger partial charge in [-0.3, -0.25) is 15.4 Å². The number of hydrogen-bond donors (Lipinski definition) is 3. The van der Waals surface area contributed by atoms with E-state index in [1.807, 2.05) is 0 Å². The van der Waals surface area contributed by atoms with E-state index in [4.69, 9.17) is 10.8 Å². The zero-order chi connectivity index (χ0) is 20.3. The van der Waals surface area contributed by atoms with Gasteiger partial charge < -0.3 is 10.1 Å². The maximum absolute atomic E-state index is 12.4. The molecule has 3 N–H and O–H groups in total. The molecule has 3 rings (SSSR count). The van der Waals surface area contributed by atoms with Crippen LogP contribution < -0.4 is 15.5 Å². The van der Waals surface area contributed by atoms with Gasteiger partial charge in [0.2, 0.25) is 0 Å². The Hall–Kier alpha value is -2.29. The van der Waals surface area contributed by atoms with Gasteiger partial charge in [0.15, 0.2) is 0 Å². The summed E-state index contributed by atoms with van der Waals surface area (Å²) in [4.78, 5) is 0.547. The lowest BCUT2D eigenvalue weighted by molar-refractivity contribution is -0.274. The smallest absolute Gasteiger partial charge is 0.406 e. The summed E-state index contributed by atoms with van der Waals surface area (Å²) in [5, 5.41) is 19.8. The summed E-state index contributed by atoms with van der Waals surface area (Å²) in [6.07, 6.45) is 1.03. The molecular formula is C19H20BrF3N4O. The molecule has 1 aliphatic carbocycles. The van der Waals surface area contributed by atoms with Gasteiger partial charge in [0.25, 0.3) is 0 Å². The van der Waals surface area contributed by atoms with Crippen LogP contribution in [0.5, 0.6) is 5.75 Å². The normalized spacial score (nSPS) is 19.9. The number of nitrogens with one attached hydrogen (secondary N) is 3. The predicted octanol–water partition coefficient (Wildman–Crippen LogP) is 4.86. The minimum absolute atomic E-state index is 0.0573. The van der Waals surface area contributed by atoms with Crippen LogP contribution >= 0.6 is 15.9 Å². The molecule has 1 aromatic carbocycles. The molecule has 1 fully saturated rings. The molecule has 0 saturated heterocycles. The Bertz CT molecular complexity index is 905. The van der Waals surface area contributed by atoms with Crippen LogP contribution in [0.3, 0.4) is 0 Å². The molecule has 0 amide bonds. The van der Waals surface area contributed by atoms with Gasteiger partial charge in [-0.05, 0) is 49.9 Å². The molecule has 0 spiro atoms. The Kier molecular flexibility index (Phi) is 6.12. The Morgan fingerprint density at radius 2 is 1.86 bits per heavy atom. The van der Waals surface area contributed by atoms with Crippen LogP contribution in [0.15, 0.2) is 42.6 Å². The fraction of sp³-hybridized carbons (Fsp3) is 0.368. The quantitative estimate of drug-likeness (QED) is 0.349. The van der Waals surface area contributed by atoms with Crippen molar-refractivity contribution in [2.45, 2.75) is 42.9 Å². The molecule has 0 radical (unpaired) electrons. The monoisotopic (exact) mass is 456 g/mol. The number of halogens is 4. The van der Waals surface area contributed by atoms with Crippen molar-refractivity contribution < 1.29 is 17.9 Å². The minimum atomic E-state index is -4.80. The summed E-state index contributed by atoms with van der Waals surface area (Å²) >= 11 is 3.63. The van der Waals surface area contributed by atoms with Crippen molar-refractivity contribution in [2.75, 3.05) is 5.32 Å². The van der Waals surface area contributed by atoms with Crippen molar-refractivity contribution in [1.82, 2.24) is 4.57 Å². The Morgan fingerprint density at radius 1 is 1.14 bits per heavy atom. The topological polar surface area (TPSA) is 73.9 Å². The van der Waals surface area contributed by atoms with Gasteiger partial charge in [-0.1, -0.05) is 28.1 Å². The summed E-state index contributed by atoms with van der Waals surface area (Å²) in [5.41, 5.74) is 1.04.